The second-order valence-corrected chi connectivity index (χ2v) is 6.60. The number of hydrogen-bond acceptors (Lipinski definition) is 4. The average molecular weight is 419 g/mol. The first-order valence-electron chi connectivity index (χ1n) is 8.01. The van der Waals surface area contributed by atoms with Gasteiger partial charge in [0.05, 0.1) is 6.42 Å². The van der Waals surface area contributed by atoms with Crippen LogP contribution in [0.15, 0.2) is 59.1 Å². The first-order valence-corrected chi connectivity index (χ1v) is 8.80. The molecular formula is C19H19BrN2O4. The number of esters is 1. The van der Waals surface area contributed by atoms with Gasteiger partial charge in [0.1, 0.15) is 0 Å². The highest BCUT2D eigenvalue weighted by molar-refractivity contribution is 9.10. The predicted octanol–water partition coefficient (Wildman–Crippen LogP) is 2.95. The van der Waals surface area contributed by atoms with Gasteiger partial charge in [0.2, 0.25) is 0 Å². The molecule has 2 N–H and O–H groups in total. The molecule has 2 aromatic rings. The summed E-state index contributed by atoms with van der Waals surface area (Å²) >= 11 is 3.27. The van der Waals surface area contributed by atoms with Crippen molar-refractivity contribution >= 4 is 33.7 Å². The molecule has 2 rings (SSSR count). The second kappa shape index (κ2) is 9.72. The summed E-state index contributed by atoms with van der Waals surface area (Å²) in [6, 6.07) is 16.2. The lowest BCUT2D eigenvalue weighted by atomic mass is 9.98. The van der Waals surface area contributed by atoms with E-state index in [9.17, 15) is 14.4 Å². The maximum atomic E-state index is 11.9. The molecule has 0 radical (unpaired) electrons. The smallest absolute Gasteiger partial charge is 0.306 e. The second-order valence-electron chi connectivity index (χ2n) is 5.69. The van der Waals surface area contributed by atoms with Crippen LogP contribution in [0.2, 0.25) is 0 Å². The summed E-state index contributed by atoms with van der Waals surface area (Å²) < 4.78 is 5.78. The molecule has 26 heavy (non-hydrogen) atoms. The number of hydrogen-bond donors (Lipinski definition) is 2. The van der Waals surface area contributed by atoms with Gasteiger partial charge in [0, 0.05) is 10.0 Å². The SMILES string of the molecule is CC(CC(=O)OCC(=O)NNC(=O)c1ccc(Br)cc1)c1ccccc1. The quantitative estimate of drug-likeness (QED) is 0.557. The number of hydrazine groups is 1. The van der Waals surface area contributed by atoms with Crippen LogP contribution >= 0.6 is 15.9 Å². The number of ether oxygens (including phenoxy) is 1. The Morgan fingerprint density at radius 2 is 1.65 bits per heavy atom. The maximum absolute atomic E-state index is 11.9. The van der Waals surface area contributed by atoms with E-state index in [2.05, 4.69) is 26.8 Å². The van der Waals surface area contributed by atoms with Gasteiger partial charge < -0.3 is 4.74 Å². The third kappa shape index (κ3) is 6.33. The fraction of sp³-hybridized carbons (Fsp3) is 0.211. The van der Waals surface area contributed by atoms with Crippen molar-refractivity contribution in [1.29, 1.82) is 0 Å². The minimum Gasteiger partial charge on any atom is -0.455 e. The summed E-state index contributed by atoms with van der Waals surface area (Å²) in [5, 5.41) is 0. The first-order chi connectivity index (χ1) is 12.5. The molecule has 0 aliphatic rings. The van der Waals surface area contributed by atoms with Crippen molar-refractivity contribution in [3.05, 3.63) is 70.2 Å². The van der Waals surface area contributed by atoms with Crippen molar-refractivity contribution in [2.75, 3.05) is 6.61 Å². The van der Waals surface area contributed by atoms with Crippen LogP contribution < -0.4 is 10.9 Å². The monoisotopic (exact) mass is 418 g/mol. The van der Waals surface area contributed by atoms with E-state index < -0.39 is 24.4 Å². The van der Waals surface area contributed by atoms with Crippen LogP contribution in [-0.4, -0.2) is 24.4 Å². The number of rotatable bonds is 6. The Balaban J connectivity index is 1.70. The Kier molecular flexibility index (Phi) is 7.35. The van der Waals surface area contributed by atoms with Crippen molar-refractivity contribution < 1.29 is 19.1 Å². The number of nitrogens with one attached hydrogen (secondary N) is 2. The van der Waals surface area contributed by atoms with Crippen molar-refractivity contribution in [2.24, 2.45) is 0 Å². The molecule has 0 aliphatic heterocycles. The minimum atomic E-state index is -0.615. The molecule has 6 nitrogen and oxygen atoms in total. The number of carbonyl (C=O) groups excluding carboxylic acids is 3. The van der Waals surface area contributed by atoms with E-state index in [0.29, 0.717) is 5.56 Å². The van der Waals surface area contributed by atoms with Crippen LogP contribution in [-0.2, 0) is 14.3 Å². The minimum absolute atomic E-state index is 0.0103. The van der Waals surface area contributed by atoms with Crippen LogP contribution in [0.4, 0.5) is 0 Å². The fourth-order valence-corrected chi connectivity index (χ4v) is 2.45. The molecular weight excluding hydrogens is 400 g/mol. The van der Waals surface area contributed by atoms with E-state index in [4.69, 9.17) is 4.74 Å². The number of halogens is 1. The highest BCUT2D eigenvalue weighted by Gasteiger charge is 2.14. The van der Waals surface area contributed by atoms with Crippen LogP contribution in [0.5, 0.6) is 0 Å². The summed E-state index contributed by atoms with van der Waals surface area (Å²) in [6.45, 7) is 1.45. The van der Waals surface area contributed by atoms with Gasteiger partial charge in [-0.1, -0.05) is 53.2 Å². The Labute approximate surface area is 160 Å². The first kappa shape index (κ1) is 19.7. The van der Waals surface area contributed by atoms with E-state index >= 15 is 0 Å². The lowest BCUT2D eigenvalue weighted by Crippen LogP contribution is -2.43. The Hall–Kier alpha value is -2.67. The largest absolute Gasteiger partial charge is 0.455 e. The third-order valence-electron chi connectivity index (χ3n) is 3.63. The molecule has 7 heteroatoms. The molecule has 0 aromatic heterocycles. The molecule has 0 bridgehead atoms. The molecule has 1 atom stereocenters. The Morgan fingerprint density at radius 1 is 1.00 bits per heavy atom. The zero-order valence-corrected chi connectivity index (χ0v) is 15.8. The molecule has 1 unspecified atom stereocenters. The summed E-state index contributed by atoms with van der Waals surface area (Å²) in [5.74, 6) is -1.56. The zero-order chi connectivity index (χ0) is 18.9. The topological polar surface area (TPSA) is 84.5 Å². The van der Waals surface area contributed by atoms with E-state index in [-0.39, 0.29) is 12.3 Å². The molecule has 0 saturated heterocycles. The van der Waals surface area contributed by atoms with Crippen LogP contribution in [0, 0.1) is 0 Å². The normalized spacial score (nSPS) is 11.3. The molecule has 136 valence electrons. The van der Waals surface area contributed by atoms with Gasteiger partial charge in [-0.05, 0) is 35.7 Å². The maximum Gasteiger partial charge on any atom is 0.306 e. The zero-order valence-electron chi connectivity index (χ0n) is 14.2. The molecule has 2 aromatic carbocycles. The molecule has 0 saturated carbocycles. The molecule has 2 amide bonds. The molecule has 0 spiro atoms. The van der Waals surface area contributed by atoms with Gasteiger partial charge in [0.15, 0.2) is 6.61 Å². The van der Waals surface area contributed by atoms with Gasteiger partial charge >= 0.3 is 5.97 Å². The lowest BCUT2D eigenvalue weighted by molar-refractivity contribution is -0.149. The van der Waals surface area contributed by atoms with Crippen molar-refractivity contribution in [3.8, 4) is 0 Å². The van der Waals surface area contributed by atoms with Crippen molar-refractivity contribution in [1.82, 2.24) is 10.9 Å². The van der Waals surface area contributed by atoms with Crippen LogP contribution in [0.25, 0.3) is 0 Å². The van der Waals surface area contributed by atoms with E-state index in [0.717, 1.165) is 10.0 Å². The van der Waals surface area contributed by atoms with Crippen molar-refractivity contribution in [2.45, 2.75) is 19.3 Å². The van der Waals surface area contributed by atoms with E-state index in [1.807, 2.05) is 37.3 Å². The number of benzene rings is 2. The highest BCUT2D eigenvalue weighted by atomic mass is 79.9. The van der Waals surface area contributed by atoms with E-state index in [1.54, 1.807) is 24.3 Å². The number of carbonyl (C=O) groups is 3. The third-order valence-corrected chi connectivity index (χ3v) is 4.16. The fourth-order valence-electron chi connectivity index (χ4n) is 2.19. The number of amides is 2. The van der Waals surface area contributed by atoms with Gasteiger partial charge in [-0.3, -0.25) is 25.2 Å². The van der Waals surface area contributed by atoms with Gasteiger partial charge in [0.25, 0.3) is 11.8 Å². The average Bonchev–Trinajstić information content (AvgIpc) is 2.65. The summed E-state index contributed by atoms with van der Waals surface area (Å²) in [5.41, 5.74) is 5.89. The summed E-state index contributed by atoms with van der Waals surface area (Å²) in [4.78, 5) is 35.4. The Morgan fingerprint density at radius 3 is 2.31 bits per heavy atom. The van der Waals surface area contributed by atoms with Gasteiger partial charge in [-0.2, -0.15) is 0 Å². The molecule has 0 aliphatic carbocycles. The standard InChI is InChI=1S/C19H19BrN2O4/c1-13(14-5-3-2-4-6-14)11-18(24)26-12-17(23)21-22-19(25)15-7-9-16(20)10-8-15/h2-10,13H,11-12H2,1H3,(H,21,23)(H,22,25). The van der Waals surface area contributed by atoms with Crippen LogP contribution in [0.3, 0.4) is 0 Å². The van der Waals surface area contributed by atoms with Gasteiger partial charge in [-0.25, -0.2) is 0 Å². The van der Waals surface area contributed by atoms with Crippen LogP contribution in [0.1, 0.15) is 35.2 Å². The highest BCUT2D eigenvalue weighted by Crippen LogP contribution is 2.18. The molecule has 0 heterocycles. The molecule has 0 fully saturated rings. The van der Waals surface area contributed by atoms with Gasteiger partial charge in [-0.15, -0.1) is 0 Å². The lowest BCUT2D eigenvalue weighted by Gasteiger charge is -2.12. The van der Waals surface area contributed by atoms with E-state index in [1.165, 1.54) is 0 Å². The van der Waals surface area contributed by atoms with Crippen molar-refractivity contribution in [3.63, 3.8) is 0 Å². The summed E-state index contributed by atoms with van der Waals surface area (Å²) in [6.07, 6.45) is 0.169. The predicted molar refractivity (Wildman–Crippen MR) is 100 cm³/mol. The Bertz CT molecular complexity index is 763. The summed E-state index contributed by atoms with van der Waals surface area (Å²) in [7, 11) is 0.